The van der Waals surface area contributed by atoms with Crippen molar-refractivity contribution in [3.05, 3.63) is 28.2 Å². The van der Waals surface area contributed by atoms with Gasteiger partial charge >= 0.3 is 0 Å². The highest BCUT2D eigenvalue weighted by Crippen LogP contribution is 2.26. The molecule has 1 fully saturated rings. The van der Waals surface area contributed by atoms with Crippen LogP contribution in [0.25, 0.3) is 0 Å². The van der Waals surface area contributed by atoms with E-state index in [1.807, 2.05) is 12.1 Å². The number of ether oxygens (including phenoxy) is 1. The van der Waals surface area contributed by atoms with Crippen molar-refractivity contribution in [3.63, 3.8) is 0 Å². The molecule has 4 heteroatoms. The summed E-state index contributed by atoms with van der Waals surface area (Å²) < 4.78 is 6.32. The van der Waals surface area contributed by atoms with Crippen molar-refractivity contribution >= 4 is 15.9 Å². The number of rotatable bonds is 4. The second kappa shape index (κ2) is 5.17. The van der Waals surface area contributed by atoms with E-state index >= 15 is 0 Å². The number of methoxy groups -OCH3 is 1. The molecule has 2 rings (SSSR count). The van der Waals surface area contributed by atoms with Crippen molar-refractivity contribution in [1.82, 2.24) is 4.90 Å². The quantitative estimate of drug-likeness (QED) is 0.917. The molecule has 1 aromatic rings. The number of nitrogens with zero attached hydrogens (tertiary/aromatic N) is 1. The summed E-state index contributed by atoms with van der Waals surface area (Å²) >= 11 is 3.54. The molecular formula is C12H16BrNO2. The molecule has 0 spiro atoms. The summed E-state index contributed by atoms with van der Waals surface area (Å²) in [6.45, 7) is 3.18. The molecule has 0 radical (unpaired) electrons. The van der Waals surface area contributed by atoms with Crippen LogP contribution in [0, 0.1) is 5.92 Å². The van der Waals surface area contributed by atoms with Gasteiger partial charge in [-0.3, -0.25) is 4.90 Å². The Morgan fingerprint density at radius 1 is 1.50 bits per heavy atom. The van der Waals surface area contributed by atoms with Crippen LogP contribution in [0.4, 0.5) is 0 Å². The lowest BCUT2D eigenvalue weighted by molar-refractivity contribution is 0.0477. The second-order valence-electron chi connectivity index (χ2n) is 4.20. The smallest absolute Gasteiger partial charge is 0.119 e. The normalized spacial score (nSPS) is 17.2. The van der Waals surface area contributed by atoms with Gasteiger partial charge in [0.15, 0.2) is 0 Å². The lowest BCUT2D eigenvalue weighted by Crippen LogP contribution is -2.47. The van der Waals surface area contributed by atoms with Crippen molar-refractivity contribution in [2.24, 2.45) is 5.92 Å². The van der Waals surface area contributed by atoms with Gasteiger partial charge in [-0.25, -0.2) is 0 Å². The largest absolute Gasteiger partial charge is 0.497 e. The molecule has 1 aromatic carbocycles. The Morgan fingerprint density at radius 2 is 2.25 bits per heavy atom. The number of benzene rings is 1. The van der Waals surface area contributed by atoms with Crippen LogP contribution in [-0.4, -0.2) is 36.8 Å². The third kappa shape index (κ3) is 2.56. The summed E-state index contributed by atoms with van der Waals surface area (Å²) in [5, 5.41) is 8.95. The first kappa shape index (κ1) is 11.9. The molecule has 0 atom stereocenters. The average molecular weight is 286 g/mol. The summed E-state index contributed by atoms with van der Waals surface area (Å²) in [5.74, 6) is 1.35. The third-order valence-corrected chi connectivity index (χ3v) is 3.71. The standard InChI is InChI=1S/C12H16BrNO2/c1-16-11-2-3-12(13)10(4-11)7-14-5-9(6-14)8-15/h2-4,9,15H,5-8H2,1H3. The van der Waals surface area contributed by atoms with Crippen LogP contribution in [0.5, 0.6) is 5.75 Å². The molecule has 1 heterocycles. The fraction of sp³-hybridized carbons (Fsp3) is 0.500. The summed E-state index contributed by atoms with van der Waals surface area (Å²) in [7, 11) is 1.68. The Labute approximate surface area is 104 Å². The molecule has 1 aliphatic heterocycles. The maximum Gasteiger partial charge on any atom is 0.119 e. The number of hydrogen-bond donors (Lipinski definition) is 1. The van der Waals surface area contributed by atoms with Crippen LogP contribution in [0.2, 0.25) is 0 Å². The molecule has 1 aliphatic rings. The van der Waals surface area contributed by atoms with Crippen molar-refractivity contribution < 1.29 is 9.84 Å². The first-order valence-corrected chi connectivity index (χ1v) is 6.18. The molecule has 3 nitrogen and oxygen atoms in total. The van der Waals surface area contributed by atoms with Gasteiger partial charge in [-0.2, -0.15) is 0 Å². The van der Waals surface area contributed by atoms with Crippen LogP contribution >= 0.6 is 15.9 Å². The number of aliphatic hydroxyl groups is 1. The van der Waals surface area contributed by atoms with Gasteiger partial charge in [-0.15, -0.1) is 0 Å². The average Bonchev–Trinajstić information content (AvgIpc) is 2.25. The van der Waals surface area contributed by atoms with Crippen LogP contribution in [0.1, 0.15) is 5.56 Å². The molecule has 0 aromatic heterocycles. The lowest BCUT2D eigenvalue weighted by Gasteiger charge is -2.38. The Kier molecular flexibility index (Phi) is 3.84. The van der Waals surface area contributed by atoms with Gasteiger partial charge in [0.25, 0.3) is 0 Å². The minimum atomic E-state index is 0.301. The highest BCUT2D eigenvalue weighted by molar-refractivity contribution is 9.10. The van der Waals surface area contributed by atoms with Gasteiger partial charge in [-0.1, -0.05) is 15.9 Å². The van der Waals surface area contributed by atoms with E-state index in [0.717, 1.165) is 29.9 Å². The molecule has 0 amide bonds. The van der Waals surface area contributed by atoms with E-state index in [9.17, 15) is 0 Å². The van der Waals surface area contributed by atoms with E-state index in [-0.39, 0.29) is 0 Å². The van der Waals surface area contributed by atoms with E-state index in [1.54, 1.807) is 7.11 Å². The van der Waals surface area contributed by atoms with E-state index in [2.05, 4.69) is 26.9 Å². The molecule has 0 bridgehead atoms. The predicted octanol–water partition coefficient (Wildman–Crippen LogP) is 1.88. The summed E-state index contributed by atoms with van der Waals surface area (Å²) in [6, 6.07) is 6.01. The highest BCUT2D eigenvalue weighted by atomic mass is 79.9. The molecule has 0 saturated carbocycles. The number of likely N-dealkylation sites (tertiary alicyclic amines) is 1. The van der Waals surface area contributed by atoms with Crippen molar-refractivity contribution in [2.45, 2.75) is 6.54 Å². The van der Waals surface area contributed by atoms with Gasteiger partial charge in [0.05, 0.1) is 7.11 Å². The van der Waals surface area contributed by atoms with Crippen LogP contribution in [-0.2, 0) is 6.54 Å². The van der Waals surface area contributed by atoms with E-state index in [0.29, 0.717) is 12.5 Å². The van der Waals surface area contributed by atoms with E-state index in [4.69, 9.17) is 9.84 Å². The second-order valence-corrected chi connectivity index (χ2v) is 5.05. The van der Waals surface area contributed by atoms with Gasteiger partial charge in [0.2, 0.25) is 0 Å². The first-order valence-electron chi connectivity index (χ1n) is 5.38. The molecule has 88 valence electrons. The van der Waals surface area contributed by atoms with Crippen LogP contribution in [0.15, 0.2) is 22.7 Å². The van der Waals surface area contributed by atoms with Crippen LogP contribution in [0.3, 0.4) is 0 Å². The minimum Gasteiger partial charge on any atom is -0.497 e. The monoisotopic (exact) mass is 285 g/mol. The summed E-state index contributed by atoms with van der Waals surface area (Å²) in [5.41, 5.74) is 1.23. The summed E-state index contributed by atoms with van der Waals surface area (Å²) in [4.78, 5) is 2.32. The molecule has 1 saturated heterocycles. The van der Waals surface area contributed by atoms with Gasteiger partial charge in [0.1, 0.15) is 5.75 Å². The Bertz CT molecular complexity index is 364. The zero-order valence-corrected chi connectivity index (χ0v) is 10.9. The minimum absolute atomic E-state index is 0.301. The van der Waals surface area contributed by atoms with Crippen molar-refractivity contribution in [1.29, 1.82) is 0 Å². The molecule has 16 heavy (non-hydrogen) atoms. The predicted molar refractivity (Wildman–Crippen MR) is 66.5 cm³/mol. The number of halogens is 1. The van der Waals surface area contributed by atoms with Crippen molar-refractivity contribution in [3.8, 4) is 5.75 Å². The Balaban J connectivity index is 1.98. The first-order chi connectivity index (χ1) is 7.72. The highest BCUT2D eigenvalue weighted by Gasteiger charge is 2.26. The lowest BCUT2D eigenvalue weighted by atomic mass is 10.0. The zero-order valence-electron chi connectivity index (χ0n) is 9.32. The SMILES string of the molecule is COc1ccc(Br)c(CN2CC(CO)C2)c1. The fourth-order valence-corrected chi connectivity index (χ4v) is 2.33. The third-order valence-electron chi connectivity index (χ3n) is 2.94. The molecular weight excluding hydrogens is 270 g/mol. The zero-order chi connectivity index (χ0) is 11.5. The maximum absolute atomic E-state index is 8.95. The number of hydrogen-bond acceptors (Lipinski definition) is 3. The molecule has 1 N–H and O–H groups in total. The molecule has 0 aliphatic carbocycles. The number of aliphatic hydroxyl groups excluding tert-OH is 1. The van der Waals surface area contributed by atoms with E-state index < -0.39 is 0 Å². The topological polar surface area (TPSA) is 32.7 Å². The van der Waals surface area contributed by atoms with Gasteiger partial charge < -0.3 is 9.84 Å². The Hall–Kier alpha value is -0.580. The Morgan fingerprint density at radius 3 is 2.88 bits per heavy atom. The fourth-order valence-electron chi connectivity index (χ4n) is 1.96. The van der Waals surface area contributed by atoms with Gasteiger partial charge in [0, 0.05) is 36.6 Å². The van der Waals surface area contributed by atoms with Crippen LogP contribution < -0.4 is 4.74 Å². The van der Waals surface area contributed by atoms with E-state index in [1.165, 1.54) is 5.56 Å². The summed E-state index contributed by atoms with van der Waals surface area (Å²) in [6.07, 6.45) is 0. The van der Waals surface area contributed by atoms with Gasteiger partial charge in [-0.05, 0) is 23.8 Å². The molecule has 0 unspecified atom stereocenters. The van der Waals surface area contributed by atoms with Crippen molar-refractivity contribution in [2.75, 3.05) is 26.8 Å². The maximum atomic E-state index is 8.95.